The molecule has 1 fully saturated rings. The van der Waals surface area contributed by atoms with Crippen molar-refractivity contribution in [3.05, 3.63) is 0 Å². The van der Waals surface area contributed by atoms with Gasteiger partial charge in [-0.1, -0.05) is 12.8 Å². The van der Waals surface area contributed by atoms with Gasteiger partial charge in [-0.25, -0.2) is 0 Å². The van der Waals surface area contributed by atoms with E-state index in [1.165, 1.54) is 12.8 Å². The average molecular weight is 187 g/mol. The molecule has 1 saturated carbocycles. The van der Waals surface area contributed by atoms with Crippen molar-refractivity contribution in [2.75, 3.05) is 13.6 Å². The van der Waals surface area contributed by atoms with E-state index in [1.807, 2.05) is 6.92 Å². The van der Waals surface area contributed by atoms with Crippen molar-refractivity contribution in [1.29, 1.82) is 0 Å². The first-order chi connectivity index (χ1) is 6.03. The second-order valence-corrected chi connectivity index (χ2v) is 4.56. The zero-order valence-electron chi connectivity index (χ0n) is 8.58. The Hall–Kier alpha value is -0.120. The quantitative estimate of drug-likeness (QED) is 0.568. The molecule has 0 aromatic carbocycles. The van der Waals surface area contributed by atoms with Gasteiger partial charge < -0.3 is 15.5 Å². The summed E-state index contributed by atoms with van der Waals surface area (Å²) in [4.78, 5) is 0. The van der Waals surface area contributed by atoms with Crippen molar-refractivity contribution in [2.24, 2.45) is 5.92 Å². The van der Waals surface area contributed by atoms with Crippen LogP contribution in [0.4, 0.5) is 0 Å². The molecule has 0 aromatic rings. The van der Waals surface area contributed by atoms with Gasteiger partial charge in [0.2, 0.25) is 0 Å². The summed E-state index contributed by atoms with van der Waals surface area (Å²) in [5.41, 5.74) is -0.683. The largest absolute Gasteiger partial charge is 0.392 e. The van der Waals surface area contributed by atoms with Crippen LogP contribution in [0.1, 0.15) is 32.6 Å². The highest BCUT2D eigenvalue weighted by molar-refractivity contribution is 4.85. The van der Waals surface area contributed by atoms with Crippen LogP contribution in [0.3, 0.4) is 0 Å². The first kappa shape index (κ1) is 11.0. The minimum atomic E-state index is -0.683. The van der Waals surface area contributed by atoms with Crippen molar-refractivity contribution in [3.63, 3.8) is 0 Å². The molecule has 1 rings (SSSR count). The Morgan fingerprint density at radius 1 is 1.54 bits per heavy atom. The van der Waals surface area contributed by atoms with Crippen molar-refractivity contribution < 1.29 is 10.2 Å². The van der Waals surface area contributed by atoms with Crippen molar-refractivity contribution in [3.8, 4) is 0 Å². The zero-order chi connectivity index (χ0) is 9.90. The van der Waals surface area contributed by atoms with Gasteiger partial charge >= 0.3 is 0 Å². The number of hydrogen-bond donors (Lipinski definition) is 3. The molecule has 2 atom stereocenters. The minimum absolute atomic E-state index is 0.432. The Kier molecular flexibility index (Phi) is 3.71. The van der Waals surface area contributed by atoms with Gasteiger partial charge in [-0.05, 0) is 26.3 Å². The Labute approximate surface area is 80.2 Å². The lowest BCUT2D eigenvalue weighted by Crippen LogP contribution is -2.35. The summed E-state index contributed by atoms with van der Waals surface area (Å²) in [5, 5.41) is 22.3. The van der Waals surface area contributed by atoms with Crippen LogP contribution in [-0.2, 0) is 0 Å². The number of nitrogens with one attached hydrogen (secondary N) is 1. The molecule has 1 aliphatic carbocycles. The number of rotatable bonds is 6. The van der Waals surface area contributed by atoms with Gasteiger partial charge in [0.25, 0.3) is 0 Å². The molecule has 0 unspecified atom stereocenters. The SMILES string of the molecule is CNC[C@@H](O)C[C@](C)(O)CC1CC1. The zero-order valence-corrected chi connectivity index (χ0v) is 8.58. The van der Waals surface area contributed by atoms with E-state index in [-0.39, 0.29) is 0 Å². The summed E-state index contributed by atoms with van der Waals surface area (Å²) in [7, 11) is 1.80. The predicted molar refractivity (Wildman–Crippen MR) is 52.5 cm³/mol. The Balaban J connectivity index is 2.22. The maximum absolute atomic E-state index is 9.93. The Morgan fingerprint density at radius 3 is 2.62 bits per heavy atom. The van der Waals surface area contributed by atoms with Crippen LogP contribution in [0.2, 0.25) is 0 Å². The highest BCUT2D eigenvalue weighted by Gasteiger charge is 2.32. The van der Waals surface area contributed by atoms with Crippen LogP contribution in [-0.4, -0.2) is 35.5 Å². The molecule has 0 saturated heterocycles. The summed E-state index contributed by atoms with van der Waals surface area (Å²) in [6, 6.07) is 0. The van der Waals surface area contributed by atoms with Crippen LogP contribution in [0, 0.1) is 5.92 Å². The van der Waals surface area contributed by atoms with E-state index < -0.39 is 11.7 Å². The van der Waals surface area contributed by atoms with Crippen molar-refractivity contribution in [2.45, 2.75) is 44.3 Å². The lowest BCUT2D eigenvalue weighted by Gasteiger charge is -2.25. The molecule has 3 N–H and O–H groups in total. The molecule has 0 amide bonds. The van der Waals surface area contributed by atoms with Gasteiger partial charge in [0.05, 0.1) is 11.7 Å². The van der Waals surface area contributed by atoms with Crippen molar-refractivity contribution >= 4 is 0 Å². The normalized spacial score (nSPS) is 24.0. The Bertz CT molecular complexity index is 155. The van der Waals surface area contributed by atoms with E-state index in [2.05, 4.69) is 5.32 Å². The summed E-state index contributed by atoms with van der Waals surface area (Å²) in [6.45, 7) is 2.38. The predicted octanol–water partition coefficient (Wildman–Crippen LogP) is 0.508. The molecule has 0 heterocycles. The van der Waals surface area contributed by atoms with E-state index in [1.54, 1.807) is 7.05 Å². The van der Waals surface area contributed by atoms with Gasteiger partial charge in [-0.2, -0.15) is 0 Å². The molecule has 0 radical (unpaired) electrons. The highest BCUT2D eigenvalue weighted by atomic mass is 16.3. The maximum Gasteiger partial charge on any atom is 0.0691 e. The third-order valence-corrected chi connectivity index (χ3v) is 2.54. The summed E-state index contributed by atoms with van der Waals surface area (Å²) >= 11 is 0. The molecule has 1 aliphatic rings. The highest BCUT2D eigenvalue weighted by Crippen LogP contribution is 2.37. The molecule has 13 heavy (non-hydrogen) atoms. The molecular formula is C10H21NO2. The first-order valence-corrected chi connectivity index (χ1v) is 5.08. The fourth-order valence-electron chi connectivity index (χ4n) is 1.84. The molecule has 3 heteroatoms. The second kappa shape index (κ2) is 4.40. The van der Waals surface area contributed by atoms with Crippen molar-refractivity contribution in [1.82, 2.24) is 5.32 Å². The van der Waals surface area contributed by atoms with Crippen LogP contribution in [0.25, 0.3) is 0 Å². The summed E-state index contributed by atoms with van der Waals surface area (Å²) in [5.74, 6) is 0.705. The average Bonchev–Trinajstić information content (AvgIpc) is 2.69. The molecule has 3 nitrogen and oxygen atoms in total. The monoisotopic (exact) mass is 187 g/mol. The van der Waals surface area contributed by atoms with Gasteiger partial charge in [0.1, 0.15) is 0 Å². The van der Waals surface area contributed by atoms with Crippen LogP contribution < -0.4 is 5.32 Å². The van der Waals surface area contributed by atoms with E-state index >= 15 is 0 Å². The van der Waals surface area contributed by atoms with Gasteiger partial charge in [0, 0.05) is 13.0 Å². The van der Waals surface area contributed by atoms with E-state index in [0.29, 0.717) is 18.9 Å². The molecule has 78 valence electrons. The van der Waals surface area contributed by atoms with Crippen LogP contribution >= 0.6 is 0 Å². The Morgan fingerprint density at radius 2 is 2.15 bits per heavy atom. The topological polar surface area (TPSA) is 52.5 Å². The fraction of sp³-hybridized carbons (Fsp3) is 1.00. The van der Waals surface area contributed by atoms with Crippen LogP contribution in [0.15, 0.2) is 0 Å². The third-order valence-electron chi connectivity index (χ3n) is 2.54. The fourth-order valence-corrected chi connectivity index (χ4v) is 1.84. The summed E-state index contributed by atoms with van der Waals surface area (Å²) < 4.78 is 0. The van der Waals surface area contributed by atoms with Gasteiger partial charge in [0.15, 0.2) is 0 Å². The molecule has 0 aromatic heterocycles. The van der Waals surface area contributed by atoms with Gasteiger partial charge in [-0.3, -0.25) is 0 Å². The number of aliphatic hydroxyl groups excluding tert-OH is 1. The molecular weight excluding hydrogens is 166 g/mol. The lowest BCUT2D eigenvalue weighted by molar-refractivity contribution is -0.00556. The molecule has 0 aliphatic heterocycles. The second-order valence-electron chi connectivity index (χ2n) is 4.56. The third kappa shape index (κ3) is 4.60. The number of likely N-dealkylation sites (N-methyl/N-ethyl adjacent to an activating group) is 1. The minimum Gasteiger partial charge on any atom is -0.392 e. The van der Waals surface area contributed by atoms with E-state index in [9.17, 15) is 10.2 Å². The lowest BCUT2D eigenvalue weighted by atomic mass is 9.92. The number of hydrogen-bond acceptors (Lipinski definition) is 3. The number of aliphatic hydroxyl groups is 2. The first-order valence-electron chi connectivity index (χ1n) is 5.08. The maximum atomic E-state index is 9.93. The van der Waals surface area contributed by atoms with E-state index in [0.717, 1.165) is 6.42 Å². The van der Waals surface area contributed by atoms with Crippen LogP contribution in [0.5, 0.6) is 0 Å². The smallest absolute Gasteiger partial charge is 0.0691 e. The van der Waals surface area contributed by atoms with Gasteiger partial charge in [-0.15, -0.1) is 0 Å². The standard InChI is InChI=1S/C10H21NO2/c1-10(13,5-8-3-4-8)6-9(12)7-11-2/h8-9,11-13H,3-7H2,1-2H3/t9-,10+/m0/s1. The summed E-state index contributed by atoms with van der Waals surface area (Å²) in [6.07, 6.45) is 3.38. The molecule has 0 spiro atoms. The molecule has 0 bridgehead atoms. The van der Waals surface area contributed by atoms with E-state index in [4.69, 9.17) is 0 Å².